The second-order valence-electron chi connectivity index (χ2n) is 7.03. The number of fused-ring (bicyclic) bond motifs is 1. The Kier molecular flexibility index (Phi) is 4.02. The van der Waals surface area contributed by atoms with Gasteiger partial charge in [0.05, 0.1) is 0 Å². The van der Waals surface area contributed by atoms with E-state index in [0.29, 0.717) is 6.54 Å². The zero-order valence-electron chi connectivity index (χ0n) is 14.2. The van der Waals surface area contributed by atoms with Gasteiger partial charge >= 0.3 is 0 Å². The van der Waals surface area contributed by atoms with Crippen LogP contribution in [0.15, 0.2) is 29.1 Å². The molecule has 0 saturated carbocycles. The van der Waals surface area contributed by atoms with E-state index in [9.17, 15) is 4.79 Å². The van der Waals surface area contributed by atoms with Crippen molar-refractivity contribution in [3.63, 3.8) is 0 Å². The fraction of sp³-hybridized carbons (Fsp3) is 0.421. The minimum absolute atomic E-state index is 0.000831. The highest BCUT2D eigenvalue weighted by molar-refractivity contribution is 5.41. The minimum Gasteiger partial charge on any atom is -0.487 e. The van der Waals surface area contributed by atoms with E-state index >= 15 is 0 Å². The van der Waals surface area contributed by atoms with E-state index < -0.39 is 0 Å². The van der Waals surface area contributed by atoms with Crippen molar-refractivity contribution in [2.45, 2.75) is 52.8 Å². The largest absolute Gasteiger partial charge is 0.487 e. The summed E-state index contributed by atoms with van der Waals surface area (Å²) in [6.45, 7) is 9.41. The quantitative estimate of drug-likeness (QED) is 0.912. The van der Waals surface area contributed by atoms with E-state index in [4.69, 9.17) is 4.74 Å². The van der Waals surface area contributed by atoms with Crippen molar-refractivity contribution >= 4 is 0 Å². The standard InChI is InChI=1S/C19H24N2O2/c1-12-7-13(2)21-18(22)16(12)11-20-10-14-5-6-17-15(8-14)9-19(3,4)23-17/h5-8,20H,9-11H2,1-4H3,(H,21,22). The first-order valence-corrected chi connectivity index (χ1v) is 8.05. The van der Waals surface area contributed by atoms with E-state index in [-0.39, 0.29) is 11.2 Å². The van der Waals surface area contributed by atoms with Crippen LogP contribution in [0, 0.1) is 13.8 Å². The molecule has 0 saturated heterocycles. The molecule has 0 fully saturated rings. The van der Waals surface area contributed by atoms with Crippen LogP contribution in [0.25, 0.3) is 0 Å². The first-order chi connectivity index (χ1) is 10.8. The van der Waals surface area contributed by atoms with Gasteiger partial charge in [0.1, 0.15) is 11.4 Å². The molecule has 1 aliphatic rings. The third-order valence-corrected chi connectivity index (χ3v) is 4.25. The molecule has 0 amide bonds. The topological polar surface area (TPSA) is 54.1 Å². The lowest BCUT2D eigenvalue weighted by atomic mass is 10.0. The van der Waals surface area contributed by atoms with E-state index in [1.807, 2.05) is 26.0 Å². The molecule has 0 bridgehead atoms. The lowest BCUT2D eigenvalue weighted by Crippen LogP contribution is -2.24. The zero-order valence-corrected chi connectivity index (χ0v) is 14.2. The highest BCUT2D eigenvalue weighted by atomic mass is 16.5. The average Bonchev–Trinajstić information content (AvgIpc) is 2.74. The summed E-state index contributed by atoms with van der Waals surface area (Å²) in [6, 6.07) is 8.33. The highest BCUT2D eigenvalue weighted by Gasteiger charge is 2.29. The molecule has 4 nitrogen and oxygen atoms in total. The molecule has 0 atom stereocenters. The fourth-order valence-electron chi connectivity index (χ4n) is 3.21. The van der Waals surface area contributed by atoms with Crippen LogP contribution in [-0.4, -0.2) is 10.6 Å². The van der Waals surface area contributed by atoms with Gasteiger partial charge in [-0.05, 0) is 56.5 Å². The summed E-state index contributed by atoms with van der Waals surface area (Å²) in [5.74, 6) is 0.990. The number of pyridine rings is 1. The van der Waals surface area contributed by atoms with Gasteiger partial charge in [-0.25, -0.2) is 0 Å². The van der Waals surface area contributed by atoms with Crippen molar-refractivity contribution in [3.8, 4) is 5.75 Å². The number of benzene rings is 1. The second kappa shape index (κ2) is 5.85. The Bertz CT molecular complexity index is 790. The molecule has 122 valence electrons. The first kappa shape index (κ1) is 15.8. The number of aromatic nitrogens is 1. The zero-order chi connectivity index (χ0) is 16.6. The minimum atomic E-state index is -0.110. The van der Waals surface area contributed by atoms with Crippen LogP contribution in [0.3, 0.4) is 0 Å². The maximum absolute atomic E-state index is 12.0. The summed E-state index contributed by atoms with van der Waals surface area (Å²) in [5, 5.41) is 3.37. The Hall–Kier alpha value is -2.07. The SMILES string of the molecule is Cc1cc(C)c(CNCc2ccc3c(c2)CC(C)(C)O3)c(=O)[nH]1. The van der Waals surface area contributed by atoms with Gasteiger partial charge in [-0.15, -0.1) is 0 Å². The number of aryl methyl sites for hydroxylation is 2. The molecule has 1 aromatic heterocycles. The van der Waals surface area contributed by atoms with E-state index in [1.54, 1.807) is 0 Å². The predicted octanol–water partition coefficient (Wildman–Crippen LogP) is 3.00. The van der Waals surface area contributed by atoms with Crippen LogP contribution in [0.2, 0.25) is 0 Å². The summed E-state index contributed by atoms with van der Waals surface area (Å²) in [6.07, 6.45) is 0.937. The molecule has 1 aliphatic heterocycles. The molecule has 1 aromatic carbocycles. The molecule has 0 aliphatic carbocycles. The Morgan fingerprint density at radius 2 is 2.00 bits per heavy atom. The number of rotatable bonds is 4. The van der Waals surface area contributed by atoms with Gasteiger partial charge < -0.3 is 15.0 Å². The summed E-state index contributed by atoms with van der Waals surface area (Å²) >= 11 is 0. The summed E-state index contributed by atoms with van der Waals surface area (Å²) in [5.41, 5.74) is 5.10. The Balaban J connectivity index is 1.66. The van der Waals surface area contributed by atoms with Gasteiger partial charge in [0.15, 0.2) is 0 Å². The van der Waals surface area contributed by atoms with Crippen molar-refractivity contribution < 1.29 is 4.74 Å². The van der Waals surface area contributed by atoms with E-state index in [1.165, 1.54) is 11.1 Å². The lowest BCUT2D eigenvalue weighted by Gasteiger charge is -2.16. The second-order valence-corrected chi connectivity index (χ2v) is 7.03. The average molecular weight is 312 g/mol. The van der Waals surface area contributed by atoms with Gasteiger partial charge in [0.2, 0.25) is 0 Å². The number of hydrogen-bond donors (Lipinski definition) is 2. The molecule has 4 heteroatoms. The maximum atomic E-state index is 12.0. The third kappa shape index (κ3) is 3.48. The number of hydrogen-bond acceptors (Lipinski definition) is 3. The van der Waals surface area contributed by atoms with Crippen LogP contribution in [0.4, 0.5) is 0 Å². The fourth-order valence-corrected chi connectivity index (χ4v) is 3.21. The van der Waals surface area contributed by atoms with Crippen LogP contribution in [0.5, 0.6) is 5.75 Å². The van der Waals surface area contributed by atoms with Crippen molar-refractivity contribution in [1.29, 1.82) is 0 Å². The Morgan fingerprint density at radius 3 is 2.74 bits per heavy atom. The van der Waals surface area contributed by atoms with Crippen molar-refractivity contribution in [1.82, 2.24) is 10.3 Å². The predicted molar refractivity (Wildman–Crippen MR) is 91.9 cm³/mol. The third-order valence-electron chi connectivity index (χ3n) is 4.25. The van der Waals surface area contributed by atoms with Gasteiger partial charge in [-0.3, -0.25) is 4.79 Å². The van der Waals surface area contributed by atoms with Crippen LogP contribution in [0.1, 0.15) is 41.8 Å². The van der Waals surface area contributed by atoms with Crippen molar-refractivity contribution in [3.05, 3.63) is 62.6 Å². The maximum Gasteiger partial charge on any atom is 0.252 e. The molecule has 2 N–H and O–H groups in total. The molecule has 3 rings (SSSR count). The van der Waals surface area contributed by atoms with E-state index in [2.05, 4.69) is 36.3 Å². The Morgan fingerprint density at radius 1 is 1.22 bits per heavy atom. The normalized spacial score (nSPS) is 15.3. The van der Waals surface area contributed by atoms with Crippen molar-refractivity contribution in [2.24, 2.45) is 0 Å². The number of nitrogens with one attached hydrogen (secondary N) is 2. The molecular formula is C19H24N2O2. The Labute approximate surface area is 136 Å². The number of aromatic amines is 1. The van der Waals surface area contributed by atoms with E-state index in [0.717, 1.165) is 35.5 Å². The van der Waals surface area contributed by atoms with Crippen LogP contribution >= 0.6 is 0 Å². The molecule has 0 radical (unpaired) electrons. The molecule has 0 unspecified atom stereocenters. The van der Waals surface area contributed by atoms with Gasteiger partial charge in [0, 0.05) is 30.8 Å². The monoisotopic (exact) mass is 312 g/mol. The summed E-state index contributed by atoms with van der Waals surface area (Å²) < 4.78 is 5.90. The van der Waals surface area contributed by atoms with Gasteiger partial charge in [-0.1, -0.05) is 12.1 Å². The first-order valence-electron chi connectivity index (χ1n) is 8.05. The highest BCUT2D eigenvalue weighted by Crippen LogP contribution is 2.35. The molecule has 2 aromatic rings. The number of H-pyrrole nitrogens is 1. The van der Waals surface area contributed by atoms with Crippen LogP contribution in [-0.2, 0) is 19.5 Å². The molecule has 23 heavy (non-hydrogen) atoms. The summed E-state index contributed by atoms with van der Waals surface area (Å²) in [4.78, 5) is 14.9. The molecular weight excluding hydrogens is 288 g/mol. The van der Waals surface area contributed by atoms with Crippen LogP contribution < -0.4 is 15.6 Å². The molecule has 2 heterocycles. The van der Waals surface area contributed by atoms with Gasteiger partial charge in [0.25, 0.3) is 5.56 Å². The van der Waals surface area contributed by atoms with Gasteiger partial charge in [-0.2, -0.15) is 0 Å². The van der Waals surface area contributed by atoms with Crippen molar-refractivity contribution in [2.75, 3.05) is 0 Å². The lowest BCUT2D eigenvalue weighted by molar-refractivity contribution is 0.138. The number of ether oxygens (including phenoxy) is 1. The smallest absolute Gasteiger partial charge is 0.252 e. The summed E-state index contributed by atoms with van der Waals surface area (Å²) in [7, 11) is 0. The molecule has 0 spiro atoms.